The van der Waals surface area contributed by atoms with Gasteiger partial charge < -0.3 is 20.1 Å². The molecule has 0 spiro atoms. The molecule has 19 heavy (non-hydrogen) atoms. The Morgan fingerprint density at radius 1 is 1.58 bits per heavy atom. The van der Waals surface area contributed by atoms with Crippen LogP contribution in [-0.4, -0.2) is 32.4 Å². The summed E-state index contributed by atoms with van der Waals surface area (Å²) in [7, 11) is 0. The number of ether oxygens (including phenoxy) is 1. The summed E-state index contributed by atoms with van der Waals surface area (Å²) in [5.41, 5.74) is 6.09. The Morgan fingerprint density at radius 2 is 2.37 bits per heavy atom. The molecule has 3 N–H and O–H groups in total. The molecule has 2 aromatic rings. The standard InChI is InChI=1S/C12H15FN4O2/c1-6-4-7(5-18)19-11(6)17-3-2-8-9(14)15-12(13)16-10(8)17/h2-3,6-7,11,18H,4-5H2,1H3,(H2,14,15,16). The van der Waals surface area contributed by atoms with Gasteiger partial charge in [0, 0.05) is 12.1 Å². The quantitative estimate of drug-likeness (QED) is 0.794. The van der Waals surface area contributed by atoms with E-state index in [0.717, 1.165) is 6.42 Å². The molecule has 3 unspecified atom stereocenters. The maximum atomic E-state index is 13.3. The fraction of sp³-hybridized carbons (Fsp3) is 0.500. The van der Waals surface area contributed by atoms with E-state index in [1.807, 2.05) is 6.92 Å². The molecule has 0 bridgehead atoms. The molecule has 3 rings (SSSR count). The molecule has 3 atom stereocenters. The Bertz CT molecular complexity index is 615. The molecule has 6 nitrogen and oxygen atoms in total. The maximum Gasteiger partial charge on any atom is 0.312 e. The Kier molecular flexibility index (Phi) is 2.87. The van der Waals surface area contributed by atoms with E-state index in [2.05, 4.69) is 9.97 Å². The third-order valence-electron chi connectivity index (χ3n) is 3.51. The van der Waals surface area contributed by atoms with Gasteiger partial charge in [0.2, 0.25) is 0 Å². The summed E-state index contributed by atoms with van der Waals surface area (Å²) in [6.45, 7) is 2.00. The van der Waals surface area contributed by atoms with Gasteiger partial charge in [-0.15, -0.1) is 0 Å². The fourth-order valence-electron chi connectivity index (χ4n) is 2.61. The van der Waals surface area contributed by atoms with Gasteiger partial charge >= 0.3 is 6.08 Å². The molecule has 7 heteroatoms. The van der Waals surface area contributed by atoms with E-state index in [9.17, 15) is 4.39 Å². The van der Waals surface area contributed by atoms with E-state index in [1.54, 1.807) is 16.8 Å². The van der Waals surface area contributed by atoms with E-state index < -0.39 is 6.08 Å². The molecular weight excluding hydrogens is 251 g/mol. The fourth-order valence-corrected chi connectivity index (χ4v) is 2.61. The van der Waals surface area contributed by atoms with Crippen LogP contribution in [0.4, 0.5) is 10.2 Å². The third-order valence-corrected chi connectivity index (χ3v) is 3.51. The Morgan fingerprint density at radius 3 is 3.05 bits per heavy atom. The Balaban J connectivity index is 2.06. The second-order valence-electron chi connectivity index (χ2n) is 4.88. The molecule has 0 amide bonds. The number of aliphatic hydroxyl groups is 1. The van der Waals surface area contributed by atoms with Crippen molar-refractivity contribution in [2.75, 3.05) is 12.3 Å². The topological polar surface area (TPSA) is 86.2 Å². The molecule has 0 radical (unpaired) electrons. The molecule has 2 aromatic heterocycles. The molecule has 1 aliphatic heterocycles. The first-order chi connectivity index (χ1) is 9.10. The lowest BCUT2D eigenvalue weighted by molar-refractivity contribution is -0.0292. The van der Waals surface area contributed by atoms with Crippen LogP contribution in [0.5, 0.6) is 0 Å². The molecule has 0 aliphatic carbocycles. The molecule has 102 valence electrons. The zero-order valence-corrected chi connectivity index (χ0v) is 10.5. The van der Waals surface area contributed by atoms with Crippen LogP contribution in [-0.2, 0) is 4.74 Å². The second kappa shape index (κ2) is 4.43. The van der Waals surface area contributed by atoms with Gasteiger partial charge in [0.1, 0.15) is 12.0 Å². The number of nitrogens with two attached hydrogens (primary N) is 1. The van der Waals surface area contributed by atoms with Gasteiger partial charge in [0.15, 0.2) is 5.65 Å². The minimum atomic E-state index is -0.852. The summed E-state index contributed by atoms with van der Waals surface area (Å²) >= 11 is 0. The number of fused-ring (bicyclic) bond motifs is 1. The minimum absolute atomic E-state index is 0.0223. The summed E-state index contributed by atoms with van der Waals surface area (Å²) in [5, 5.41) is 9.76. The summed E-state index contributed by atoms with van der Waals surface area (Å²) < 4.78 is 20.8. The van der Waals surface area contributed by atoms with Crippen LogP contribution in [0.1, 0.15) is 19.6 Å². The predicted octanol–water partition coefficient (Wildman–Crippen LogP) is 1.07. The number of rotatable bonds is 2. The first kappa shape index (κ1) is 12.3. The van der Waals surface area contributed by atoms with Crippen molar-refractivity contribution in [2.45, 2.75) is 25.7 Å². The van der Waals surface area contributed by atoms with Crippen LogP contribution in [0.15, 0.2) is 12.3 Å². The van der Waals surface area contributed by atoms with E-state index in [4.69, 9.17) is 15.6 Å². The number of aromatic nitrogens is 3. The van der Waals surface area contributed by atoms with E-state index in [0.29, 0.717) is 11.0 Å². The normalized spacial score (nSPS) is 27.2. The number of hydrogen-bond acceptors (Lipinski definition) is 5. The number of aliphatic hydroxyl groups excluding tert-OH is 1. The van der Waals surface area contributed by atoms with E-state index >= 15 is 0 Å². The molecule has 0 aromatic carbocycles. The average molecular weight is 266 g/mol. The van der Waals surface area contributed by atoms with Crippen LogP contribution in [0.3, 0.4) is 0 Å². The Hall–Kier alpha value is -1.73. The highest BCUT2D eigenvalue weighted by atomic mass is 19.1. The molecule has 3 heterocycles. The largest absolute Gasteiger partial charge is 0.394 e. The maximum absolute atomic E-state index is 13.3. The van der Waals surface area contributed by atoms with Crippen molar-refractivity contribution in [3.05, 3.63) is 18.3 Å². The monoisotopic (exact) mass is 266 g/mol. The average Bonchev–Trinajstić information content (AvgIpc) is 2.92. The van der Waals surface area contributed by atoms with Crippen molar-refractivity contribution in [1.82, 2.24) is 14.5 Å². The lowest BCUT2D eigenvalue weighted by Gasteiger charge is -2.18. The number of anilines is 1. The summed E-state index contributed by atoms with van der Waals surface area (Å²) in [4.78, 5) is 7.29. The van der Waals surface area contributed by atoms with Gasteiger partial charge in [-0.3, -0.25) is 0 Å². The second-order valence-corrected chi connectivity index (χ2v) is 4.88. The van der Waals surface area contributed by atoms with Gasteiger partial charge in [-0.2, -0.15) is 14.4 Å². The van der Waals surface area contributed by atoms with Gasteiger partial charge in [-0.25, -0.2) is 0 Å². The van der Waals surface area contributed by atoms with Crippen LogP contribution in [0.25, 0.3) is 11.0 Å². The van der Waals surface area contributed by atoms with E-state index in [-0.39, 0.29) is 30.7 Å². The van der Waals surface area contributed by atoms with Crippen molar-refractivity contribution in [2.24, 2.45) is 5.92 Å². The summed E-state index contributed by atoms with van der Waals surface area (Å²) in [6.07, 6.45) is 1.19. The van der Waals surface area contributed by atoms with Crippen LogP contribution < -0.4 is 5.73 Å². The third kappa shape index (κ3) is 1.95. The van der Waals surface area contributed by atoms with Crippen molar-refractivity contribution in [3.63, 3.8) is 0 Å². The number of hydrogen-bond donors (Lipinski definition) is 2. The van der Waals surface area contributed by atoms with Crippen molar-refractivity contribution in [3.8, 4) is 0 Å². The lowest BCUT2D eigenvalue weighted by Crippen LogP contribution is -2.15. The smallest absolute Gasteiger partial charge is 0.312 e. The zero-order chi connectivity index (χ0) is 13.6. The van der Waals surface area contributed by atoms with E-state index in [1.165, 1.54) is 0 Å². The molecule has 0 saturated carbocycles. The predicted molar refractivity (Wildman–Crippen MR) is 66.7 cm³/mol. The molecular formula is C12H15FN4O2. The molecule has 1 aliphatic rings. The van der Waals surface area contributed by atoms with Gasteiger partial charge in [0.05, 0.1) is 18.1 Å². The molecule has 1 saturated heterocycles. The minimum Gasteiger partial charge on any atom is -0.394 e. The first-order valence-electron chi connectivity index (χ1n) is 6.16. The number of nitrogens with zero attached hydrogens (tertiary/aromatic N) is 3. The summed E-state index contributed by atoms with van der Waals surface area (Å²) in [5.74, 6) is 0.317. The van der Waals surface area contributed by atoms with Gasteiger partial charge in [-0.05, 0) is 12.5 Å². The highest BCUT2D eigenvalue weighted by Gasteiger charge is 2.33. The highest BCUT2D eigenvalue weighted by Crippen LogP contribution is 2.36. The van der Waals surface area contributed by atoms with Crippen LogP contribution in [0.2, 0.25) is 0 Å². The zero-order valence-electron chi connectivity index (χ0n) is 10.5. The van der Waals surface area contributed by atoms with Crippen LogP contribution >= 0.6 is 0 Å². The van der Waals surface area contributed by atoms with Crippen molar-refractivity contribution >= 4 is 16.9 Å². The molecule has 1 fully saturated rings. The van der Waals surface area contributed by atoms with Gasteiger partial charge in [-0.1, -0.05) is 6.92 Å². The SMILES string of the molecule is CC1CC(CO)OC1n1ccc2c(N)nc(F)nc21. The van der Waals surface area contributed by atoms with Crippen molar-refractivity contribution in [1.29, 1.82) is 0 Å². The first-order valence-corrected chi connectivity index (χ1v) is 6.16. The lowest BCUT2D eigenvalue weighted by atomic mass is 10.1. The van der Waals surface area contributed by atoms with Crippen LogP contribution in [0, 0.1) is 12.0 Å². The Labute approximate surface area is 109 Å². The number of halogens is 1. The number of nitrogen functional groups attached to an aromatic ring is 1. The summed E-state index contributed by atoms with van der Waals surface area (Å²) in [6, 6.07) is 1.74. The van der Waals surface area contributed by atoms with Crippen molar-refractivity contribution < 1.29 is 14.2 Å². The highest BCUT2D eigenvalue weighted by molar-refractivity contribution is 5.86. The van der Waals surface area contributed by atoms with Gasteiger partial charge in [0.25, 0.3) is 0 Å².